The predicted molar refractivity (Wildman–Crippen MR) is 75.5 cm³/mol. The topological polar surface area (TPSA) is 20.3 Å². The van der Waals surface area contributed by atoms with Gasteiger partial charge >= 0.3 is 0 Å². The number of anilines is 1. The van der Waals surface area contributed by atoms with Gasteiger partial charge in [0.15, 0.2) is 5.78 Å². The number of rotatable bonds is 4. The van der Waals surface area contributed by atoms with Crippen LogP contribution in [0, 0.1) is 5.82 Å². The van der Waals surface area contributed by atoms with Gasteiger partial charge in [-0.05, 0) is 24.3 Å². The Morgan fingerprint density at radius 3 is 2.63 bits per heavy atom. The van der Waals surface area contributed by atoms with E-state index in [1.807, 2.05) is 0 Å². The molecule has 0 amide bonds. The molecule has 4 heteroatoms. The first-order valence-electron chi connectivity index (χ1n) is 5.82. The molecule has 0 aromatic heterocycles. The molecule has 0 atom stereocenters. The van der Waals surface area contributed by atoms with Crippen molar-refractivity contribution in [2.45, 2.75) is 0 Å². The molecule has 0 aliphatic rings. The molecule has 2 aromatic carbocycles. The van der Waals surface area contributed by atoms with Crippen LogP contribution in [0.4, 0.5) is 10.1 Å². The number of likely N-dealkylation sites (N-methyl/N-ethyl adjacent to an activating group) is 1. The van der Waals surface area contributed by atoms with Gasteiger partial charge in [0.2, 0.25) is 0 Å². The maximum atomic E-state index is 13.6. The van der Waals surface area contributed by atoms with E-state index in [1.165, 1.54) is 6.07 Å². The molecular weight excluding hydrogens is 265 g/mol. The van der Waals surface area contributed by atoms with E-state index >= 15 is 0 Å². The summed E-state index contributed by atoms with van der Waals surface area (Å²) in [6.07, 6.45) is 0. The number of carbonyl (C=O) groups excluding carboxylic acids is 1. The normalized spacial score (nSPS) is 10.3. The van der Waals surface area contributed by atoms with E-state index in [0.29, 0.717) is 16.3 Å². The molecule has 2 nitrogen and oxygen atoms in total. The first-order chi connectivity index (χ1) is 9.08. The van der Waals surface area contributed by atoms with Crippen LogP contribution in [-0.2, 0) is 0 Å². The van der Waals surface area contributed by atoms with Crippen molar-refractivity contribution in [2.75, 3.05) is 18.5 Å². The maximum absolute atomic E-state index is 13.6. The monoisotopic (exact) mass is 277 g/mol. The summed E-state index contributed by atoms with van der Waals surface area (Å²) in [5, 5.41) is 0.513. The molecule has 0 bridgehead atoms. The van der Waals surface area contributed by atoms with Crippen molar-refractivity contribution in [2.24, 2.45) is 0 Å². The number of para-hydroxylation sites is 1. The summed E-state index contributed by atoms with van der Waals surface area (Å²) in [5.74, 6) is -0.447. The second kappa shape index (κ2) is 5.85. The molecular formula is C15H13ClFNO. The lowest BCUT2D eigenvalue weighted by atomic mass is 10.1. The van der Waals surface area contributed by atoms with E-state index < -0.39 is 0 Å². The van der Waals surface area contributed by atoms with Crippen molar-refractivity contribution in [3.8, 4) is 0 Å². The standard InChI is InChI=1S/C15H13ClFNO/c1-18(14-8-3-2-7-13(14)17)10-15(19)11-5-4-6-12(16)9-11/h2-9H,10H2,1H3. The molecule has 98 valence electrons. The number of Topliss-reactive ketones (excluding diaryl/α,β-unsaturated/α-hetero) is 1. The minimum atomic E-state index is -0.344. The zero-order valence-corrected chi connectivity index (χ0v) is 11.2. The van der Waals surface area contributed by atoms with Crippen molar-refractivity contribution in [1.82, 2.24) is 0 Å². The Hall–Kier alpha value is -1.87. The fourth-order valence-corrected chi connectivity index (χ4v) is 2.01. The van der Waals surface area contributed by atoms with E-state index in [-0.39, 0.29) is 18.1 Å². The largest absolute Gasteiger partial charge is 0.365 e. The summed E-state index contributed by atoms with van der Waals surface area (Å²) in [5.41, 5.74) is 0.925. The summed E-state index contributed by atoms with van der Waals surface area (Å²) < 4.78 is 13.6. The van der Waals surface area contributed by atoms with Crippen LogP contribution in [0.1, 0.15) is 10.4 Å². The molecule has 0 radical (unpaired) electrons. The Morgan fingerprint density at radius 2 is 1.95 bits per heavy atom. The van der Waals surface area contributed by atoms with Crippen molar-refractivity contribution in [1.29, 1.82) is 0 Å². The molecule has 0 spiro atoms. The molecule has 0 saturated heterocycles. The molecule has 0 unspecified atom stereocenters. The van der Waals surface area contributed by atoms with Crippen LogP contribution >= 0.6 is 11.6 Å². The van der Waals surface area contributed by atoms with Gasteiger partial charge in [-0.25, -0.2) is 4.39 Å². The van der Waals surface area contributed by atoms with E-state index in [0.717, 1.165) is 0 Å². The van der Waals surface area contributed by atoms with Gasteiger partial charge in [-0.3, -0.25) is 4.79 Å². The van der Waals surface area contributed by atoms with Crippen LogP contribution in [0.5, 0.6) is 0 Å². The van der Waals surface area contributed by atoms with Crippen molar-refractivity contribution < 1.29 is 9.18 Å². The van der Waals surface area contributed by atoms with Gasteiger partial charge in [-0.1, -0.05) is 35.9 Å². The van der Waals surface area contributed by atoms with E-state index in [2.05, 4.69) is 0 Å². The minimum absolute atomic E-state index is 0.0985. The van der Waals surface area contributed by atoms with Gasteiger partial charge in [0.05, 0.1) is 12.2 Å². The van der Waals surface area contributed by atoms with Gasteiger partial charge in [-0.2, -0.15) is 0 Å². The highest BCUT2D eigenvalue weighted by molar-refractivity contribution is 6.31. The zero-order chi connectivity index (χ0) is 13.8. The number of hydrogen-bond acceptors (Lipinski definition) is 2. The van der Waals surface area contributed by atoms with Gasteiger partial charge in [0.25, 0.3) is 0 Å². The Kier molecular flexibility index (Phi) is 4.17. The second-order valence-electron chi connectivity index (χ2n) is 4.24. The summed E-state index contributed by atoms with van der Waals surface area (Å²) in [7, 11) is 1.68. The van der Waals surface area contributed by atoms with Gasteiger partial charge < -0.3 is 4.90 Å². The third-order valence-electron chi connectivity index (χ3n) is 2.79. The molecule has 2 rings (SSSR count). The molecule has 0 heterocycles. The molecule has 0 aliphatic carbocycles. The van der Waals surface area contributed by atoms with E-state index in [1.54, 1.807) is 54.4 Å². The number of carbonyl (C=O) groups is 1. The number of halogens is 2. The van der Waals surface area contributed by atoms with Crippen LogP contribution in [0.2, 0.25) is 5.02 Å². The minimum Gasteiger partial charge on any atom is -0.365 e. The quantitative estimate of drug-likeness (QED) is 0.793. The highest BCUT2D eigenvalue weighted by atomic mass is 35.5. The Labute approximate surface area is 116 Å². The van der Waals surface area contributed by atoms with Crippen molar-refractivity contribution in [3.63, 3.8) is 0 Å². The average Bonchev–Trinajstić information content (AvgIpc) is 2.39. The fraction of sp³-hybridized carbons (Fsp3) is 0.133. The first kappa shape index (κ1) is 13.6. The van der Waals surface area contributed by atoms with E-state index in [4.69, 9.17) is 11.6 Å². The molecule has 19 heavy (non-hydrogen) atoms. The smallest absolute Gasteiger partial charge is 0.182 e. The van der Waals surface area contributed by atoms with Crippen LogP contribution in [-0.4, -0.2) is 19.4 Å². The summed E-state index contributed by atoms with van der Waals surface area (Å²) in [6.45, 7) is 0.0985. The van der Waals surface area contributed by atoms with Crippen LogP contribution in [0.3, 0.4) is 0 Å². The Morgan fingerprint density at radius 1 is 1.21 bits per heavy atom. The Bertz CT molecular complexity index is 600. The lowest BCUT2D eigenvalue weighted by Crippen LogP contribution is -2.26. The average molecular weight is 278 g/mol. The highest BCUT2D eigenvalue weighted by Gasteiger charge is 2.12. The first-order valence-corrected chi connectivity index (χ1v) is 6.20. The third kappa shape index (κ3) is 3.32. The van der Waals surface area contributed by atoms with Gasteiger partial charge in [0.1, 0.15) is 5.82 Å². The maximum Gasteiger partial charge on any atom is 0.182 e. The third-order valence-corrected chi connectivity index (χ3v) is 3.03. The predicted octanol–water partition coefficient (Wildman–Crippen LogP) is 3.80. The van der Waals surface area contributed by atoms with Crippen LogP contribution in [0.15, 0.2) is 48.5 Å². The van der Waals surface area contributed by atoms with Crippen LogP contribution in [0.25, 0.3) is 0 Å². The number of ketones is 1. The number of benzene rings is 2. The summed E-state index contributed by atoms with van der Waals surface area (Å²) in [6, 6.07) is 13.1. The van der Waals surface area contributed by atoms with Crippen molar-refractivity contribution >= 4 is 23.1 Å². The summed E-state index contributed by atoms with van der Waals surface area (Å²) >= 11 is 5.84. The van der Waals surface area contributed by atoms with Gasteiger partial charge in [-0.15, -0.1) is 0 Å². The lowest BCUT2D eigenvalue weighted by Gasteiger charge is -2.19. The zero-order valence-electron chi connectivity index (χ0n) is 10.4. The molecule has 2 aromatic rings. The van der Waals surface area contributed by atoms with Crippen LogP contribution < -0.4 is 4.90 Å². The fourth-order valence-electron chi connectivity index (χ4n) is 1.82. The van der Waals surface area contributed by atoms with Crippen molar-refractivity contribution in [3.05, 3.63) is 64.9 Å². The second-order valence-corrected chi connectivity index (χ2v) is 4.68. The number of nitrogens with zero attached hydrogens (tertiary/aromatic N) is 1. The lowest BCUT2D eigenvalue weighted by molar-refractivity contribution is 0.100. The molecule has 0 fully saturated rings. The SMILES string of the molecule is CN(CC(=O)c1cccc(Cl)c1)c1ccccc1F. The molecule has 0 N–H and O–H groups in total. The molecule has 0 aliphatic heterocycles. The highest BCUT2D eigenvalue weighted by Crippen LogP contribution is 2.18. The Balaban J connectivity index is 2.13. The summed E-state index contributed by atoms with van der Waals surface area (Å²) in [4.78, 5) is 13.7. The molecule has 0 saturated carbocycles. The van der Waals surface area contributed by atoms with E-state index in [9.17, 15) is 9.18 Å². The number of hydrogen-bond donors (Lipinski definition) is 0. The van der Waals surface area contributed by atoms with Gasteiger partial charge in [0, 0.05) is 17.6 Å².